The Kier molecular flexibility index (Phi) is 10.8. The number of hydrogen-bond acceptors (Lipinski definition) is 4. The molecule has 4 heteroatoms. The van der Waals surface area contributed by atoms with Gasteiger partial charge in [-0.1, -0.05) is 13.3 Å². The average Bonchev–Trinajstić information content (AvgIpc) is 3.24. The Morgan fingerprint density at radius 2 is 1.00 bits per heavy atom. The quantitative estimate of drug-likeness (QED) is 0.574. The van der Waals surface area contributed by atoms with Crippen LogP contribution in [0.2, 0.25) is 0 Å². The van der Waals surface area contributed by atoms with Gasteiger partial charge in [0.25, 0.3) is 0 Å². The van der Waals surface area contributed by atoms with Gasteiger partial charge in [0.1, 0.15) is 0 Å². The van der Waals surface area contributed by atoms with Gasteiger partial charge in [0.05, 0.1) is 6.10 Å². The zero-order valence-electron chi connectivity index (χ0n) is 22.2. The largest absolute Gasteiger partial charge is 0.392 e. The first-order valence-corrected chi connectivity index (χ1v) is 12.5. The summed E-state index contributed by atoms with van der Waals surface area (Å²) in [6, 6.07) is 0. The molecule has 3 aliphatic heterocycles. The molecule has 3 aliphatic rings. The van der Waals surface area contributed by atoms with E-state index in [0.717, 1.165) is 25.4 Å². The van der Waals surface area contributed by atoms with Crippen molar-refractivity contribution in [2.24, 2.45) is 5.92 Å². The second-order valence-corrected chi connectivity index (χ2v) is 12.8. The molecule has 180 valence electrons. The molecule has 4 nitrogen and oxygen atoms in total. The summed E-state index contributed by atoms with van der Waals surface area (Å²) in [6.45, 7) is 29.8. The van der Waals surface area contributed by atoms with Crippen molar-refractivity contribution in [2.75, 3.05) is 39.3 Å². The lowest BCUT2D eigenvalue weighted by Crippen LogP contribution is -2.44. The Bertz CT molecular complexity index is 416. The van der Waals surface area contributed by atoms with Crippen molar-refractivity contribution in [3.05, 3.63) is 0 Å². The Balaban J connectivity index is 0.000000225. The second kappa shape index (κ2) is 11.6. The van der Waals surface area contributed by atoms with Crippen molar-refractivity contribution in [1.29, 1.82) is 0 Å². The summed E-state index contributed by atoms with van der Waals surface area (Å²) < 4.78 is 0. The minimum absolute atomic E-state index is 0.0841. The van der Waals surface area contributed by atoms with Gasteiger partial charge in [-0.15, -0.1) is 0 Å². The van der Waals surface area contributed by atoms with E-state index in [1.54, 1.807) is 0 Å². The van der Waals surface area contributed by atoms with Crippen LogP contribution in [0, 0.1) is 5.92 Å². The highest BCUT2D eigenvalue weighted by Gasteiger charge is 2.29. The fourth-order valence-electron chi connectivity index (χ4n) is 4.46. The van der Waals surface area contributed by atoms with Crippen molar-refractivity contribution < 1.29 is 5.11 Å². The molecule has 0 bridgehead atoms. The first-order chi connectivity index (χ1) is 13.6. The SMILES string of the molecule is CC(C)(C)N1CCCCC1.CC(C)(C)N1CC[C@H](O)C1.C[C@@H]1CCN(C(C)(C)C)C1. The molecule has 0 aromatic carbocycles. The van der Waals surface area contributed by atoms with E-state index < -0.39 is 0 Å². The first kappa shape index (κ1) is 27.9. The fourth-order valence-corrected chi connectivity index (χ4v) is 4.46. The number of hydrogen-bond donors (Lipinski definition) is 1. The lowest BCUT2D eigenvalue weighted by atomic mass is 10.0. The lowest BCUT2D eigenvalue weighted by molar-refractivity contribution is 0.111. The summed E-state index contributed by atoms with van der Waals surface area (Å²) in [6.07, 6.45) is 6.48. The molecular weight excluding hydrogens is 370 g/mol. The Labute approximate surface area is 189 Å². The lowest BCUT2D eigenvalue weighted by Gasteiger charge is -2.38. The van der Waals surface area contributed by atoms with Crippen LogP contribution in [0.1, 0.15) is 101 Å². The minimum atomic E-state index is -0.0841. The molecule has 0 aromatic heterocycles. The molecule has 2 atom stereocenters. The van der Waals surface area contributed by atoms with Crippen molar-refractivity contribution in [3.8, 4) is 0 Å². The Morgan fingerprint density at radius 3 is 1.23 bits per heavy atom. The van der Waals surface area contributed by atoms with E-state index >= 15 is 0 Å². The topological polar surface area (TPSA) is 30.0 Å². The van der Waals surface area contributed by atoms with Gasteiger partial charge in [0.2, 0.25) is 0 Å². The minimum Gasteiger partial charge on any atom is -0.392 e. The summed E-state index contributed by atoms with van der Waals surface area (Å²) in [4.78, 5) is 7.46. The van der Waals surface area contributed by atoms with Gasteiger partial charge in [-0.05, 0) is 114 Å². The molecule has 3 saturated heterocycles. The van der Waals surface area contributed by atoms with Crippen LogP contribution in [0.25, 0.3) is 0 Å². The zero-order valence-corrected chi connectivity index (χ0v) is 22.2. The second-order valence-electron chi connectivity index (χ2n) is 12.8. The van der Waals surface area contributed by atoms with Crippen LogP contribution < -0.4 is 0 Å². The number of rotatable bonds is 0. The number of aliphatic hydroxyl groups excluding tert-OH is 1. The van der Waals surface area contributed by atoms with E-state index in [9.17, 15) is 5.11 Å². The van der Waals surface area contributed by atoms with Crippen molar-refractivity contribution in [3.63, 3.8) is 0 Å². The molecule has 0 amide bonds. The maximum absolute atomic E-state index is 9.22. The standard InChI is InChI=1S/2C9H19N.C8H17NO/c1-8-5-6-10(7-8)9(2,3)4;1-9(2,3)10-7-5-4-6-8-10;1-8(2,3)9-5-4-7(10)6-9/h8H,5-7H2,1-4H3;4-8H2,1-3H3;7,10H,4-6H2,1-3H3/t8-;;7-/m1.0/s1. The Hall–Kier alpha value is -0.160. The fraction of sp³-hybridized carbons (Fsp3) is 1.00. The molecule has 0 aliphatic carbocycles. The zero-order chi connectivity index (χ0) is 23.2. The van der Waals surface area contributed by atoms with Gasteiger partial charge in [-0.25, -0.2) is 0 Å². The average molecular weight is 426 g/mol. The van der Waals surface area contributed by atoms with Gasteiger partial charge in [0, 0.05) is 36.3 Å². The summed E-state index contributed by atoms with van der Waals surface area (Å²) >= 11 is 0. The molecule has 0 saturated carbocycles. The molecule has 3 rings (SSSR count). The van der Waals surface area contributed by atoms with Crippen LogP contribution in [-0.4, -0.2) is 81.8 Å². The molecule has 3 fully saturated rings. The van der Waals surface area contributed by atoms with Crippen molar-refractivity contribution >= 4 is 0 Å². The highest BCUT2D eigenvalue weighted by Crippen LogP contribution is 2.23. The molecule has 0 unspecified atom stereocenters. The number of β-amino-alcohol motifs (C(OH)–C–C–N with tert-alkyl or cyclic N) is 1. The third-order valence-corrected chi connectivity index (χ3v) is 6.79. The van der Waals surface area contributed by atoms with Crippen LogP contribution in [-0.2, 0) is 0 Å². The number of aliphatic hydroxyl groups is 1. The van der Waals surface area contributed by atoms with E-state index in [4.69, 9.17) is 0 Å². The first-order valence-electron chi connectivity index (χ1n) is 12.5. The third-order valence-electron chi connectivity index (χ3n) is 6.79. The molecule has 0 spiro atoms. The highest BCUT2D eigenvalue weighted by atomic mass is 16.3. The molecule has 1 N–H and O–H groups in total. The summed E-state index contributed by atoms with van der Waals surface area (Å²) in [5.41, 5.74) is 1.03. The predicted octanol–water partition coefficient (Wildman–Crippen LogP) is 5.25. The van der Waals surface area contributed by atoms with Crippen LogP contribution in [0.4, 0.5) is 0 Å². The Morgan fingerprint density at radius 1 is 0.567 bits per heavy atom. The maximum Gasteiger partial charge on any atom is 0.0679 e. The molecule has 30 heavy (non-hydrogen) atoms. The van der Waals surface area contributed by atoms with E-state index in [1.807, 2.05) is 0 Å². The van der Waals surface area contributed by atoms with E-state index in [2.05, 4.69) is 83.9 Å². The third kappa shape index (κ3) is 10.4. The monoisotopic (exact) mass is 425 g/mol. The van der Waals surface area contributed by atoms with Crippen LogP contribution in [0.5, 0.6) is 0 Å². The van der Waals surface area contributed by atoms with E-state index in [0.29, 0.717) is 11.1 Å². The van der Waals surface area contributed by atoms with Crippen molar-refractivity contribution in [2.45, 2.75) is 124 Å². The van der Waals surface area contributed by atoms with Crippen LogP contribution >= 0.6 is 0 Å². The molecule has 0 aromatic rings. The number of likely N-dealkylation sites (tertiary alicyclic amines) is 3. The van der Waals surface area contributed by atoms with Gasteiger partial charge >= 0.3 is 0 Å². The number of nitrogens with zero attached hydrogens (tertiary/aromatic N) is 3. The molecular formula is C26H55N3O. The summed E-state index contributed by atoms with van der Waals surface area (Å²) in [7, 11) is 0. The smallest absolute Gasteiger partial charge is 0.0679 e. The molecule has 0 radical (unpaired) electrons. The summed E-state index contributed by atoms with van der Waals surface area (Å²) in [5.74, 6) is 0.916. The van der Waals surface area contributed by atoms with E-state index in [-0.39, 0.29) is 11.6 Å². The normalized spacial score (nSPS) is 27.3. The van der Waals surface area contributed by atoms with Crippen LogP contribution in [0.3, 0.4) is 0 Å². The van der Waals surface area contributed by atoms with Gasteiger partial charge < -0.3 is 5.11 Å². The highest BCUT2D eigenvalue weighted by molar-refractivity contribution is 4.84. The predicted molar refractivity (Wildman–Crippen MR) is 132 cm³/mol. The van der Waals surface area contributed by atoms with Gasteiger partial charge in [-0.3, -0.25) is 14.7 Å². The summed E-state index contributed by atoms with van der Waals surface area (Å²) in [5, 5.41) is 9.22. The van der Waals surface area contributed by atoms with Crippen molar-refractivity contribution in [1.82, 2.24) is 14.7 Å². The molecule has 3 heterocycles. The maximum atomic E-state index is 9.22. The van der Waals surface area contributed by atoms with Crippen LogP contribution in [0.15, 0.2) is 0 Å². The van der Waals surface area contributed by atoms with Gasteiger partial charge in [0.15, 0.2) is 0 Å². The van der Waals surface area contributed by atoms with Gasteiger partial charge in [-0.2, -0.15) is 0 Å². The number of piperidine rings is 1. The van der Waals surface area contributed by atoms with E-state index in [1.165, 1.54) is 51.9 Å².